The lowest BCUT2D eigenvalue weighted by Crippen LogP contribution is -2.36. The maximum absolute atomic E-state index is 13.1. The number of ether oxygens (including phenoxy) is 1. The first kappa shape index (κ1) is 21.7. The van der Waals surface area contributed by atoms with Crippen molar-refractivity contribution < 1.29 is 9.53 Å². The summed E-state index contributed by atoms with van der Waals surface area (Å²) in [6.07, 6.45) is 6.38. The maximum atomic E-state index is 13.1. The Hall–Kier alpha value is -3.16. The van der Waals surface area contributed by atoms with Crippen molar-refractivity contribution in [3.63, 3.8) is 0 Å². The van der Waals surface area contributed by atoms with E-state index in [1.165, 1.54) is 17.7 Å². The Morgan fingerprint density at radius 2 is 2.00 bits per heavy atom. The van der Waals surface area contributed by atoms with Crippen molar-refractivity contribution in [1.82, 2.24) is 19.6 Å². The van der Waals surface area contributed by atoms with Crippen molar-refractivity contribution in [2.24, 2.45) is 0 Å². The minimum atomic E-state index is -0.114. The fraction of sp³-hybridized carbons (Fsp3) is 0.308. The summed E-state index contributed by atoms with van der Waals surface area (Å²) in [6, 6.07) is 15.9. The van der Waals surface area contributed by atoms with Gasteiger partial charge in [-0.05, 0) is 68.1 Å². The number of benzene rings is 1. The number of carbonyl (C=O) groups is 1. The molecule has 0 saturated carbocycles. The molecule has 1 fully saturated rings. The number of aryl methyl sites for hydroxylation is 1. The number of rotatable bonds is 8. The molecule has 5 rings (SSSR count). The summed E-state index contributed by atoms with van der Waals surface area (Å²) in [5.41, 5.74) is 3.40. The van der Waals surface area contributed by atoms with Crippen LogP contribution in [0.4, 0.5) is 0 Å². The molecule has 0 radical (unpaired) electrons. The van der Waals surface area contributed by atoms with E-state index in [2.05, 4.69) is 32.7 Å². The third-order valence-electron chi connectivity index (χ3n) is 6.14. The molecule has 7 heteroatoms. The number of nitrogens with one attached hydrogen (secondary N) is 1. The van der Waals surface area contributed by atoms with Gasteiger partial charge in [0.25, 0.3) is 5.91 Å². The van der Waals surface area contributed by atoms with Crippen molar-refractivity contribution in [2.45, 2.75) is 32.4 Å². The highest BCUT2D eigenvalue weighted by atomic mass is 32.1. The van der Waals surface area contributed by atoms with E-state index in [4.69, 9.17) is 4.74 Å². The Balaban J connectivity index is 1.27. The molecule has 1 amide bonds. The summed E-state index contributed by atoms with van der Waals surface area (Å²) >= 11 is 1.75. The topological polar surface area (TPSA) is 58.9 Å². The lowest BCUT2D eigenvalue weighted by molar-refractivity contribution is 0.0934. The van der Waals surface area contributed by atoms with Crippen molar-refractivity contribution in [1.29, 1.82) is 0 Å². The zero-order valence-corrected chi connectivity index (χ0v) is 19.6. The molecular weight excluding hydrogens is 432 g/mol. The first-order chi connectivity index (χ1) is 16.2. The predicted molar refractivity (Wildman–Crippen MR) is 131 cm³/mol. The van der Waals surface area contributed by atoms with Gasteiger partial charge in [-0.15, -0.1) is 11.3 Å². The Labute approximate surface area is 197 Å². The van der Waals surface area contributed by atoms with E-state index in [9.17, 15) is 4.79 Å². The molecule has 0 aliphatic carbocycles. The minimum Gasteiger partial charge on any atom is -0.486 e. The van der Waals surface area contributed by atoms with Crippen LogP contribution in [-0.4, -0.2) is 39.8 Å². The Morgan fingerprint density at radius 3 is 2.79 bits per heavy atom. The molecule has 1 aliphatic rings. The Morgan fingerprint density at radius 1 is 1.15 bits per heavy atom. The van der Waals surface area contributed by atoms with Crippen molar-refractivity contribution >= 4 is 22.9 Å². The number of hydrogen-bond donors (Lipinski definition) is 1. The number of para-hydroxylation sites is 1. The highest BCUT2D eigenvalue weighted by molar-refractivity contribution is 7.10. The average Bonchev–Trinajstić information content (AvgIpc) is 3.60. The van der Waals surface area contributed by atoms with Gasteiger partial charge in [0.15, 0.2) is 0 Å². The minimum absolute atomic E-state index is 0.114. The van der Waals surface area contributed by atoms with Crippen LogP contribution in [0.25, 0.3) is 5.65 Å². The van der Waals surface area contributed by atoms with Gasteiger partial charge in [-0.2, -0.15) is 0 Å². The molecule has 4 heterocycles. The Bertz CT molecular complexity index is 1230. The van der Waals surface area contributed by atoms with Crippen LogP contribution in [0.2, 0.25) is 0 Å². The molecule has 1 aromatic carbocycles. The third-order valence-corrected chi connectivity index (χ3v) is 7.12. The zero-order valence-electron chi connectivity index (χ0n) is 18.7. The van der Waals surface area contributed by atoms with Crippen molar-refractivity contribution in [2.75, 3.05) is 19.6 Å². The van der Waals surface area contributed by atoms with Crippen LogP contribution in [0.1, 0.15) is 45.4 Å². The molecule has 3 aromatic heterocycles. The molecule has 1 aliphatic heterocycles. The number of fused-ring (bicyclic) bond motifs is 1. The van der Waals surface area contributed by atoms with Gasteiger partial charge < -0.3 is 14.5 Å². The smallest absolute Gasteiger partial charge is 0.255 e. The molecular formula is C26H28N4O2S. The lowest BCUT2D eigenvalue weighted by atomic mass is 10.1. The highest BCUT2D eigenvalue weighted by Crippen LogP contribution is 2.28. The molecule has 1 N–H and O–H groups in total. The fourth-order valence-corrected chi connectivity index (χ4v) is 5.29. The van der Waals surface area contributed by atoms with E-state index in [1.807, 2.05) is 60.1 Å². The van der Waals surface area contributed by atoms with Crippen LogP contribution >= 0.6 is 11.3 Å². The van der Waals surface area contributed by atoms with E-state index in [-0.39, 0.29) is 11.9 Å². The van der Waals surface area contributed by atoms with Crippen LogP contribution in [0.3, 0.4) is 0 Å². The third kappa shape index (κ3) is 4.79. The summed E-state index contributed by atoms with van der Waals surface area (Å²) in [5.74, 6) is 0.454. The molecule has 1 unspecified atom stereocenters. The van der Waals surface area contributed by atoms with Crippen LogP contribution in [0.5, 0.6) is 5.75 Å². The molecule has 0 spiro atoms. The number of hydrogen-bond acceptors (Lipinski definition) is 5. The van der Waals surface area contributed by atoms with E-state index in [0.29, 0.717) is 24.5 Å². The first-order valence-corrected chi connectivity index (χ1v) is 12.3. The van der Waals surface area contributed by atoms with E-state index >= 15 is 0 Å². The predicted octanol–water partition coefficient (Wildman–Crippen LogP) is 4.85. The Kier molecular flexibility index (Phi) is 6.41. The van der Waals surface area contributed by atoms with Gasteiger partial charge in [0.1, 0.15) is 18.0 Å². The standard InChI is InChI=1S/C26H28N4O2S/c1-19-8-6-14-30-17-20(28-25(19)30)18-32-23-10-3-2-9-21(23)26(31)27-16-22(24-11-7-15-33-24)29-12-4-5-13-29/h2-3,6-11,14-15,17,22H,4-5,12-13,16,18H2,1H3,(H,27,31). The summed E-state index contributed by atoms with van der Waals surface area (Å²) < 4.78 is 8.04. The molecule has 6 nitrogen and oxygen atoms in total. The highest BCUT2D eigenvalue weighted by Gasteiger charge is 2.25. The van der Waals surface area contributed by atoms with Gasteiger partial charge in [-0.25, -0.2) is 4.98 Å². The molecule has 4 aromatic rings. The molecule has 1 atom stereocenters. The molecule has 170 valence electrons. The van der Waals surface area contributed by atoms with Gasteiger partial charge in [0.2, 0.25) is 0 Å². The number of aromatic nitrogens is 2. The second kappa shape index (κ2) is 9.77. The van der Waals surface area contributed by atoms with E-state index in [0.717, 1.165) is 30.0 Å². The molecule has 1 saturated heterocycles. The second-order valence-corrected chi connectivity index (χ2v) is 9.40. The van der Waals surface area contributed by atoms with Crippen LogP contribution in [-0.2, 0) is 6.61 Å². The number of nitrogens with zero attached hydrogens (tertiary/aromatic N) is 3. The summed E-state index contributed by atoms with van der Waals surface area (Å²) in [5, 5.41) is 5.26. The SMILES string of the molecule is Cc1cccn2cc(COc3ccccc3C(=O)NCC(c3cccs3)N3CCCC3)nc12. The van der Waals surface area contributed by atoms with Crippen LogP contribution < -0.4 is 10.1 Å². The van der Waals surface area contributed by atoms with Gasteiger partial charge >= 0.3 is 0 Å². The van der Waals surface area contributed by atoms with Gasteiger partial charge in [0.05, 0.1) is 17.3 Å². The quantitative estimate of drug-likeness (QED) is 0.408. The van der Waals surface area contributed by atoms with Crippen molar-refractivity contribution in [3.8, 4) is 5.75 Å². The number of imidazole rings is 1. The maximum Gasteiger partial charge on any atom is 0.255 e. The molecule has 33 heavy (non-hydrogen) atoms. The number of thiophene rings is 1. The second-order valence-electron chi connectivity index (χ2n) is 8.42. The van der Waals surface area contributed by atoms with Gasteiger partial charge in [-0.1, -0.05) is 24.3 Å². The number of likely N-dealkylation sites (tertiary alicyclic amines) is 1. The largest absolute Gasteiger partial charge is 0.486 e. The normalized spacial score (nSPS) is 15.1. The van der Waals surface area contributed by atoms with E-state index in [1.54, 1.807) is 11.3 Å². The summed E-state index contributed by atoms with van der Waals surface area (Å²) in [4.78, 5) is 21.6. The summed E-state index contributed by atoms with van der Waals surface area (Å²) in [7, 11) is 0. The fourth-order valence-electron chi connectivity index (χ4n) is 4.43. The van der Waals surface area contributed by atoms with Crippen LogP contribution in [0.15, 0.2) is 66.3 Å². The monoisotopic (exact) mass is 460 g/mol. The van der Waals surface area contributed by atoms with Gasteiger partial charge in [-0.3, -0.25) is 9.69 Å². The van der Waals surface area contributed by atoms with Crippen LogP contribution in [0, 0.1) is 6.92 Å². The van der Waals surface area contributed by atoms with Crippen molar-refractivity contribution in [3.05, 3.63) is 88.0 Å². The number of amides is 1. The van der Waals surface area contributed by atoms with E-state index < -0.39 is 0 Å². The first-order valence-electron chi connectivity index (χ1n) is 11.4. The summed E-state index contributed by atoms with van der Waals surface area (Å²) in [6.45, 7) is 5.09. The van der Waals surface area contributed by atoms with Gasteiger partial charge in [0, 0.05) is 23.8 Å². The average molecular weight is 461 g/mol. The lowest BCUT2D eigenvalue weighted by Gasteiger charge is -2.27. The molecule has 0 bridgehead atoms. The zero-order chi connectivity index (χ0) is 22.6. The number of pyridine rings is 1. The number of carbonyl (C=O) groups excluding carboxylic acids is 1.